The Kier molecular flexibility index (Phi) is 6.38. The van der Waals surface area contributed by atoms with Crippen LogP contribution in [-0.2, 0) is 9.59 Å². The molecule has 1 fully saturated rings. The van der Waals surface area contributed by atoms with Gasteiger partial charge in [-0.2, -0.15) is 0 Å². The first-order chi connectivity index (χ1) is 13.5. The summed E-state index contributed by atoms with van der Waals surface area (Å²) in [5.41, 5.74) is 6.50. The molecular weight excluding hydrogens is 398 g/mol. The molecule has 2 aromatic carbocycles. The van der Waals surface area contributed by atoms with E-state index in [0.29, 0.717) is 33.0 Å². The number of amidine groups is 1. The molecule has 28 heavy (non-hydrogen) atoms. The maximum absolute atomic E-state index is 12.8. The number of carbonyl (C=O) groups is 2. The summed E-state index contributed by atoms with van der Waals surface area (Å²) < 4.78 is 5.43. The fraction of sp³-hybridized carbons (Fsp3) is 0.150. The smallest absolute Gasteiger partial charge is 0.266 e. The number of thioether (sulfide) groups is 1. The van der Waals surface area contributed by atoms with E-state index in [1.54, 1.807) is 29.2 Å². The highest BCUT2D eigenvalue weighted by molar-refractivity contribution is 8.18. The second-order valence-electron chi connectivity index (χ2n) is 5.83. The lowest BCUT2D eigenvalue weighted by Gasteiger charge is -2.12. The van der Waals surface area contributed by atoms with Crippen LogP contribution in [0.25, 0.3) is 6.08 Å². The first-order valence-corrected chi connectivity index (χ1v) is 9.73. The minimum atomic E-state index is -0.589. The molecule has 0 atom stereocenters. The summed E-state index contributed by atoms with van der Waals surface area (Å²) in [5, 5.41) is 1.09. The predicted molar refractivity (Wildman–Crippen MR) is 113 cm³/mol. The van der Waals surface area contributed by atoms with Crippen molar-refractivity contribution in [2.24, 2.45) is 10.7 Å². The lowest BCUT2D eigenvalue weighted by molar-refractivity contribution is -0.122. The Morgan fingerprint density at radius 1 is 1.29 bits per heavy atom. The molecule has 2 amide bonds. The van der Waals surface area contributed by atoms with Crippen LogP contribution in [0, 0.1) is 0 Å². The molecule has 6 nitrogen and oxygen atoms in total. The molecule has 8 heteroatoms. The highest BCUT2D eigenvalue weighted by Crippen LogP contribution is 2.36. The average molecular weight is 416 g/mol. The number of primary amides is 1. The number of nitrogens with two attached hydrogens (primary N) is 1. The van der Waals surface area contributed by atoms with Gasteiger partial charge in [0.2, 0.25) is 0 Å². The second-order valence-corrected chi connectivity index (χ2v) is 7.27. The van der Waals surface area contributed by atoms with E-state index in [1.807, 2.05) is 37.3 Å². The van der Waals surface area contributed by atoms with Crippen LogP contribution in [0.2, 0.25) is 5.02 Å². The van der Waals surface area contributed by atoms with Crippen LogP contribution in [0.3, 0.4) is 0 Å². The SMILES string of the molecule is CCN1C(=O)/C(=C\c2cc(Cl)ccc2OCC(N)=O)SC1=Nc1ccccc1. The van der Waals surface area contributed by atoms with Crippen molar-refractivity contribution in [3.63, 3.8) is 0 Å². The summed E-state index contributed by atoms with van der Waals surface area (Å²) in [6, 6.07) is 14.4. The summed E-state index contributed by atoms with van der Waals surface area (Å²) in [7, 11) is 0. The van der Waals surface area contributed by atoms with E-state index in [-0.39, 0.29) is 12.5 Å². The third-order valence-corrected chi connectivity index (χ3v) is 5.06. The van der Waals surface area contributed by atoms with E-state index in [0.717, 1.165) is 5.69 Å². The van der Waals surface area contributed by atoms with Crippen LogP contribution in [0.15, 0.2) is 58.4 Å². The fourth-order valence-electron chi connectivity index (χ4n) is 2.54. The Labute approximate surface area is 172 Å². The Hall–Kier alpha value is -2.77. The summed E-state index contributed by atoms with van der Waals surface area (Å²) in [4.78, 5) is 30.5. The lowest BCUT2D eigenvalue weighted by Crippen LogP contribution is -2.28. The number of hydrogen-bond donors (Lipinski definition) is 1. The molecule has 3 rings (SSSR count). The predicted octanol–water partition coefficient (Wildman–Crippen LogP) is 3.83. The minimum absolute atomic E-state index is 0.150. The first-order valence-electron chi connectivity index (χ1n) is 8.53. The Balaban J connectivity index is 1.94. The maximum Gasteiger partial charge on any atom is 0.266 e. The van der Waals surface area contributed by atoms with Crippen molar-refractivity contribution in [2.45, 2.75) is 6.92 Å². The zero-order chi connectivity index (χ0) is 20.1. The molecule has 0 spiro atoms. The van der Waals surface area contributed by atoms with E-state index in [2.05, 4.69) is 4.99 Å². The van der Waals surface area contributed by atoms with Crippen molar-refractivity contribution in [2.75, 3.05) is 13.2 Å². The molecule has 0 bridgehead atoms. The number of carbonyl (C=O) groups excluding carboxylic acids is 2. The normalized spacial score (nSPS) is 16.8. The number of rotatable bonds is 6. The van der Waals surface area contributed by atoms with E-state index in [4.69, 9.17) is 22.1 Å². The van der Waals surface area contributed by atoms with Gasteiger partial charge in [0.15, 0.2) is 11.8 Å². The van der Waals surface area contributed by atoms with Gasteiger partial charge in [0.25, 0.3) is 11.8 Å². The summed E-state index contributed by atoms with van der Waals surface area (Å²) in [5.74, 6) is -0.321. The molecule has 144 valence electrons. The highest BCUT2D eigenvalue weighted by atomic mass is 35.5. The fourth-order valence-corrected chi connectivity index (χ4v) is 3.77. The lowest BCUT2D eigenvalue weighted by atomic mass is 10.2. The zero-order valence-corrected chi connectivity index (χ0v) is 16.7. The molecule has 1 saturated heterocycles. The quantitative estimate of drug-likeness (QED) is 0.726. The molecular formula is C20H18ClN3O3S. The Morgan fingerprint density at radius 2 is 2.04 bits per heavy atom. The van der Waals surface area contributed by atoms with Crippen LogP contribution in [-0.4, -0.2) is 35.0 Å². The number of para-hydroxylation sites is 1. The molecule has 0 unspecified atom stereocenters. The first kappa shape index (κ1) is 20.0. The number of benzene rings is 2. The van der Waals surface area contributed by atoms with Crippen LogP contribution in [0.5, 0.6) is 5.75 Å². The number of hydrogen-bond acceptors (Lipinski definition) is 5. The molecule has 1 heterocycles. The highest BCUT2D eigenvalue weighted by Gasteiger charge is 2.32. The topological polar surface area (TPSA) is 85.0 Å². The number of aliphatic imine (C=N–C) groups is 1. The van der Waals surface area contributed by atoms with Crippen molar-refractivity contribution >= 4 is 52.1 Å². The number of ether oxygens (including phenoxy) is 1. The third-order valence-electron chi connectivity index (χ3n) is 3.81. The molecule has 0 saturated carbocycles. The van der Waals surface area contributed by atoms with E-state index >= 15 is 0 Å². The molecule has 2 N–H and O–H groups in total. The summed E-state index contributed by atoms with van der Waals surface area (Å²) in [6.07, 6.45) is 1.69. The average Bonchev–Trinajstić information content (AvgIpc) is 2.96. The maximum atomic E-state index is 12.8. The van der Waals surface area contributed by atoms with Crippen LogP contribution in [0.1, 0.15) is 12.5 Å². The number of amides is 2. The molecule has 1 aliphatic heterocycles. The van der Waals surface area contributed by atoms with Gasteiger partial charge in [0.05, 0.1) is 10.6 Å². The van der Waals surface area contributed by atoms with Gasteiger partial charge in [-0.1, -0.05) is 29.8 Å². The Bertz CT molecular complexity index is 960. The number of nitrogens with zero attached hydrogens (tertiary/aromatic N) is 2. The van der Waals surface area contributed by atoms with Gasteiger partial charge >= 0.3 is 0 Å². The number of likely N-dealkylation sites (N-methyl/N-ethyl adjacent to an activating group) is 1. The van der Waals surface area contributed by atoms with Crippen molar-refractivity contribution in [3.8, 4) is 5.75 Å². The van der Waals surface area contributed by atoms with E-state index < -0.39 is 5.91 Å². The molecule has 2 aromatic rings. The van der Waals surface area contributed by atoms with Gasteiger partial charge in [-0.25, -0.2) is 4.99 Å². The van der Waals surface area contributed by atoms with Gasteiger partial charge in [0.1, 0.15) is 5.75 Å². The van der Waals surface area contributed by atoms with Gasteiger partial charge in [-0.3, -0.25) is 14.5 Å². The monoisotopic (exact) mass is 415 g/mol. The third kappa shape index (κ3) is 4.74. The molecule has 1 aliphatic rings. The standard InChI is InChI=1S/C20H18ClN3O3S/c1-2-24-19(26)17(28-20(24)23-15-6-4-3-5-7-15)11-13-10-14(21)8-9-16(13)27-12-18(22)25/h3-11H,2,12H2,1H3,(H2,22,25)/b17-11+,23-20?. The summed E-state index contributed by atoms with van der Waals surface area (Å²) in [6.45, 7) is 2.12. The van der Waals surface area contributed by atoms with Crippen molar-refractivity contribution in [1.29, 1.82) is 0 Å². The Morgan fingerprint density at radius 3 is 2.71 bits per heavy atom. The van der Waals surface area contributed by atoms with Gasteiger partial charge < -0.3 is 10.5 Å². The molecule has 0 aliphatic carbocycles. The van der Waals surface area contributed by atoms with Gasteiger partial charge in [-0.15, -0.1) is 0 Å². The second kappa shape index (κ2) is 8.95. The molecule has 0 aromatic heterocycles. The van der Waals surface area contributed by atoms with Crippen molar-refractivity contribution in [1.82, 2.24) is 4.90 Å². The minimum Gasteiger partial charge on any atom is -0.483 e. The van der Waals surface area contributed by atoms with Crippen LogP contribution < -0.4 is 10.5 Å². The number of halogens is 1. The van der Waals surface area contributed by atoms with Gasteiger partial charge in [-0.05, 0) is 55.1 Å². The van der Waals surface area contributed by atoms with Crippen LogP contribution in [0.4, 0.5) is 5.69 Å². The van der Waals surface area contributed by atoms with E-state index in [9.17, 15) is 9.59 Å². The van der Waals surface area contributed by atoms with Crippen molar-refractivity contribution in [3.05, 3.63) is 64.0 Å². The largest absolute Gasteiger partial charge is 0.483 e. The summed E-state index contributed by atoms with van der Waals surface area (Å²) >= 11 is 7.37. The van der Waals surface area contributed by atoms with E-state index in [1.165, 1.54) is 11.8 Å². The van der Waals surface area contributed by atoms with Crippen molar-refractivity contribution < 1.29 is 14.3 Å². The molecule has 0 radical (unpaired) electrons. The van der Waals surface area contributed by atoms with Crippen LogP contribution >= 0.6 is 23.4 Å². The van der Waals surface area contributed by atoms with Gasteiger partial charge in [0, 0.05) is 17.1 Å². The zero-order valence-electron chi connectivity index (χ0n) is 15.1.